The maximum atomic E-state index is 14.1. The van der Waals surface area contributed by atoms with Crippen molar-refractivity contribution < 1.29 is 23.0 Å². The van der Waals surface area contributed by atoms with E-state index in [1.54, 1.807) is 30.6 Å². The van der Waals surface area contributed by atoms with E-state index in [1.807, 2.05) is 20.8 Å². The summed E-state index contributed by atoms with van der Waals surface area (Å²) in [6.45, 7) is 6.88. The van der Waals surface area contributed by atoms with Crippen LogP contribution in [0.2, 0.25) is 0 Å². The number of halogens is 2. The monoisotopic (exact) mass is 361 g/mol. The summed E-state index contributed by atoms with van der Waals surface area (Å²) in [6.07, 6.45) is 4.04. The van der Waals surface area contributed by atoms with Gasteiger partial charge in [-0.2, -0.15) is 0 Å². The number of pyridine rings is 1. The number of hydrogen-bond acceptors (Lipinski definition) is 4. The second-order valence-electron chi connectivity index (χ2n) is 6.87. The Labute approximate surface area is 151 Å². The van der Waals surface area contributed by atoms with Crippen LogP contribution in [0, 0.1) is 17.0 Å². The third kappa shape index (κ3) is 5.37. The third-order valence-corrected chi connectivity index (χ3v) is 3.44. The summed E-state index contributed by atoms with van der Waals surface area (Å²) >= 11 is 0. The van der Waals surface area contributed by atoms with Gasteiger partial charge in [-0.25, -0.2) is 8.78 Å². The highest BCUT2D eigenvalue weighted by Crippen LogP contribution is 2.32. The first-order chi connectivity index (χ1) is 12.2. The van der Waals surface area contributed by atoms with Crippen LogP contribution in [0.1, 0.15) is 33.3 Å². The van der Waals surface area contributed by atoms with Crippen molar-refractivity contribution in [3.8, 4) is 5.75 Å². The molecule has 1 aromatic carbocycles. The average molecular weight is 361 g/mol. The maximum absolute atomic E-state index is 14.1. The molecule has 6 heteroatoms. The quantitative estimate of drug-likeness (QED) is 0.569. The van der Waals surface area contributed by atoms with Crippen LogP contribution >= 0.6 is 0 Å². The van der Waals surface area contributed by atoms with Crippen molar-refractivity contribution in [1.29, 1.82) is 0 Å². The van der Waals surface area contributed by atoms with Crippen LogP contribution in [0.25, 0.3) is 6.08 Å². The van der Waals surface area contributed by atoms with Gasteiger partial charge >= 0.3 is 5.97 Å². The molecule has 0 N–H and O–H groups in total. The third-order valence-electron chi connectivity index (χ3n) is 3.44. The number of nitrogens with zero attached hydrogens (tertiary/aromatic N) is 1. The molecule has 0 spiro atoms. The minimum absolute atomic E-state index is 0.164. The number of aromatic nitrogens is 1. The van der Waals surface area contributed by atoms with Crippen molar-refractivity contribution in [3.05, 3.63) is 65.7 Å². The van der Waals surface area contributed by atoms with Crippen molar-refractivity contribution in [2.24, 2.45) is 5.41 Å². The van der Waals surface area contributed by atoms with Gasteiger partial charge in [0.25, 0.3) is 0 Å². The fourth-order valence-corrected chi connectivity index (χ4v) is 2.30. The first kappa shape index (κ1) is 19.6. The molecule has 138 valence electrons. The molecule has 0 saturated carbocycles. The Kier molecular flexibility index (Phi) is 6.08. The van der Waals surface area contributed by atoms with E-state index >= 15 is 0 Å². The summed E-state index contributed by atoms with van der Waals surface area (Å²) in [7, 11) is 0. The minimum Gasteiger partial charge on any atom is -0.455 e. The van der Waals surface area contributed by atoms with Gasteiger partial charge in [0, 0.05) is 30.8 Å². The van der Waals surface area contributed by atoms with Gasteiger partial charge in [0.05, 0.1) is 0 Å². The summed E-state index contributed by atoms with van der Waals surface area (Å²) in [5.74, 6) is -2.00. The molecule has 0 aliphatic heterocycles. The molecule has 0 aliphatic carbocycles. The van der Waals surface area contributed by atoms with E-state index in [9.17, 15) is 13.6 Å². The fourth-order valence-electron chi connectivity index (χ4n) is 2.30. The van der Waals surface area contributed by atoms with E-state index in [1.165, 1.54) is 13.0 Å². The molecule has 2 rings (SSSR count). The number of ether oxygens (including phenoxy) is 2. The molecule has 26 heavy (non-hydrogen) atoms. The van der Waals surface area contributed by atoms with Crippen molar-refractivity contribution in [3.63, 3.8) is 0 Å². The zero-order chi connectivity index (χ0) is 19.3. The van der Waals surface area contributed by atoms with Crippen molar-refractivity contribution >= 4 is 12.0 Å². The maximum Gasteiger partial charge on any atom is 0.303 e. The van der Waals surface area contributed by atoms with E-state index in [0.717, 1.165) is 12.1 Å². The van der Waals surface area contributed by atoms with Crippen molar-refractivity contribution in [1.82, 2.24) is 4.98 Å². The number of benzene rings is 1. The number of rotatable bonds is 5. The van der Waals surface area contributed by atoms with Gasteiger partial charge in [-0.05, 0) is 29.8 Å². The molecule has 4 nitrogen and oxygen atoms in total. The molecule has 0 amide bonds. The SMILES string of the molecule is CC(=O)OC(/C(=C\c1cccnc1)Oc1ccc(F)cc1F)C(C)(C)C. The number of carbonyl (C=O) groups excluding carboxylic acids is 1. The van der Waals surface area contributed by atoms with E-state index in [4.69, 9.17) is 9.47 Å². The Balaban J connectivity index is 2.50. The topological polar surface area (TPSA) is 48.4 Å². The lowest BCUT2D eigenvalue weighted by Crippen LogP contribution is -2.35. The fraction of sp³-hybridized carbons (Fsp3) is 0.300. The van der Waals surface area contributed by atoms with E-state index < -0.39 is 29.1 Å². The molecule has 2 aromatic rings. The van der Waals surface area contributed by atoms with Crippen LogP contribution in [0.4, 0.5) is 8.78 Å². The Morgan fingerprint density at radius 2 is 1.96 bits per heavy atom. The molecule has 0 saturated heterocycles. The number of carbonyl (C=O) groups is 1. The average Bonchev–Trinajstić information content (AvgIpc) is 2.54. The minimum atomic E-state index is -0.849. The zero-order valence-corrected chi connectivity index (χ0v) is 15.1. The Hall–Kier alpha value is -2.76. The highest BCUT2D eigenvalue weighted by atomic mass is 19.1. The predicted octanol–water partition coefficient (Wildman–Crippen LogP) is 4.76. The highest BCUT2D eigenvalue weighted by molar-refractivity contribution is 5.67. The summed E-state index contributed by atoms with van der Waals surface area (Å²) in [5, 5.41) is 0. The van der Waals surface area contributed by atoms with Crippen LogP contribution in [0.5, 0.6) is 5.75 Å². The standard InChI is InChI=1S/C20H21F2NO3/c1-13(24)25-19(20(2,3)4)18(10-14-6-5-9-23-12-14)26-17-8-7-15(21)11-16(17)22/h5-12,19H,1-4H3/b18-10+. The lowest BCUT2D eigenvalue weighted by atomic mass is 9.87. The molecular formula is C20H21F2NO3. The van der Waals surface area contributed by atoms with Crippen LogP contribution < -0.4 is 4.74 Å². The molecule has 0 bridgehead atoms. The molecule has 1 heterocycles. The van der Waals surface area contributed by atoms with Crippen LogP contribution in [0.15, 0.2) is 48.5 Å². The Morgan fingerprint density at radius 3 is 2.50 bits per heavy atom. The van der Waals surface area contributed by atoms with Gasteiger partial charge in [-0.15, -0.1) is 0 Å². The first-order valence-electron chi connectivity index (χ1n) is 8.08. The zero-order valence-electron chi connectivity index (χ0n) is 15.1. The molecule has 1 atom stereocenters. The van der Waals surface area contributed by atoms with Gasteiger partial charge in [0.1, 0.15) is 11.6 Å². The molecule has 1 aromatic heterocycles. The largest absolute Gasteiger partial charge is 0.455 e. The van der Waals surface area contributed by atoms with E-state index in [0.29, 0.717) is 5.56 Å². The summed E-state index contributed by atoms with van der Waals surface area (Å²) < 4.78 is 38.4. The van der Waals surface area contributed by atoms with E-state index in [-0.39, 0.29) is 11.5 Å². The van der Waals surface area contributed by atoms with Crippen LogP contribution in [-0.2, 0) is 9.53 Å². The van der Waals surface area contributed by atoms with Gasteiger partial charge in [0.15, 0.2) is 17.7 Å². The summed E-state index contributed by atoms with van der Waals surface area (Å²) in [4.78, 5) is 15.6. The van der Waals surface area contributed by atoms with Gasteiger partial charge in [-0.1, -0.05) is 26.8 Å². The molecule has 0 radical (unpaired) electrons. The smallest absolute Gasteiger partial charge is 0.303 e. The number of hydrogen-bond donors (Lipinski definition) is 0. The van der Waals surface area contributed by atoms with Crippen LogP contribution in [-0.4, -0.2) is 17.1 Å². The molecule has 0 aliphatic rings. The molecular weight excluding hydrogens is 340 g/mol. The molecule has 1 unspecified atom stereocenters. The van der Waals surface area contributed by atoms with Crippen LogP contribution in [0.3, 0.4) is 0 Å². The van der Waals surface area contributed by atoms with E-state index in [2.05, 4.69) is 4.98 Å². The second-order valence-corrected chi connectivity index (χ2v) is 6.87. The lowest BCUT2D eigenvalue weighted by molar-refractivity contribution is -0.150. The summed E-state index contributed by atoms with van der Waals surface area (Å²) in [5.41, 5.74) is 0.155. The van der Waals surface area contributed by atoms with Gasteiger partial charge in [0.2, 0.25) is 0 Å². The number of esters is 1. The normalized spacial score (nSPS) is 13.2. The lowest BCUT2D eigenvalue weighted by Gasteiger charge is -2.31. The van der Waals surface area contributed by atoms with Crippen molar-refractivity contribution in [2.75, 3.05) is 0 Å². The van der Waals surface area contributed by atoms with Gasteiger partial charge in [-0.3, -0.25) is 9.78 Å². The predicted molar refractivity (Wildman–Crippen MR) is 94.2 cm³/mol. The van der Waals surface area contributed by atoms with Gasteiger partial charge < -0.3 is 9.47 Å². The molecule has 0 fully saturated rings. The highest BCUT2D eigenvalue weighted by Gasteiger charge is 2.33. The second kappa shape index (κ2) is 8.08. The van der Waals surface area contributed by atoms with Crippen molar-refractivity contribution in [2.45, 2.75) is 33.8 Å². The Morgan fingerprint density at radius 1 is 1.23 bits per heavy atom. The summed E-state index contributed by atoms with van der Waals surface area (Å²) in [6, 6.07) is 6.53. The Bertz CT molecular complexity index is 798. The first-order valence-corrected chi connectivity index (χ1v) is 8.08.